The van der Waals surface area contributed by atoms with Gasteiger partial charge in [0.1, 0.15) is 6.61 Å². The smallest absolute Gasteiger partial charge is 0.333 e. The van der Waals surface area contributed by atoms with Crippen molar-refractivity contribution >= 4 is 5.97 Å². The van der Waals surface area contributed by atoms with E-state index in [-0.39, 0.29) is 12.7 Å². The molecular formula is C14H24O5. The molecule has 0 rings (SSSR count). The number of hydrogen-bond donors (Lipinski definition) is 0. The van der Waals surface area contributed by atoms with Crippen LogP contribution in [0.15, 0.2) is 25.0 Å². The van der Waals surface area contributed by atoms with Crippen LogP contribution in [0.3, 0.4) is 0 Å². The van der Waals surface area contributed by atoms with E-state index < -0.39 is 18.0 Å². The maximum absolute atomic E-state index is 11.2. The first-order valence-corrected chi connectivity index (χ1v) is 6.12. The van der Waals surface area contributed by atoms with Crippen molar-refractivity contribution in [1.29, 1.82) is 0 Å². The number of esters is 1. The highest BCUT2D eigenvalue weighted by atomic mass is 16.8. The molecule has 5 heteroatoms. The first kappa shape index (κ1) is 17.7. The Hall–Kier alpha value is -1.33. The zero-order valence-corrected chi connectivity index (χ0v) is 12.4. The molecule has 0 spiro atoms. The third-order valence-corrected chi connectivity index (χ3v) is 2.02. The third kappa shape index (κ3) is 8.40. The van der Waals surface area contributed by atoms with Gasteiger partial charge < -0.3 is 18.9 Å². The van der Waals surface area contributed by atoms with E-state index in [0.29, 0.717) is 5.57 Å². The molecule has 0 aromatic carbocycles. The van der Waals surface area contributed by atoms with Crippen molar-refractivity contribution in [2.45, 2.75) is 52.8 Å². The maximum Gasteiger partial charge on any atom is 0.333 e. The van der Waals surface area contributed by atoms with Crippen molar-refractivity contribution in [3.05, 3.63) is 25.0 Å². The van der Waals surface area contributed by atoms with Gasteiger partial charge in [0.25, 0.3) is 0 Å². The van der Waals surface area contributed by atoms with Crippen LogP contribution in [-0.4, -0.2) is 30.8 Å². The Morgan fingerprint density at radius 2 is 1.89 bits per heavy atom. The van der Waals surface area contributed by atoms with Gasteiger partial charge in [0.2, 0.25) is 0 Å². The molecule has 0 saturated heterocycles. The minimum atomic E-state index is -0.864. The molecule has 0 N–H and O–H groups in total. The van der Waals surface area contributed by atoms with Gasteiger partial charge in [-0.05, 0) is 34.6 Å². The summed E-state index contributed by atoms with van der Waals surface area (Å²) < 4.78 is 21.2. The third-order valence-electron chi connectivity index (χ3n) is 2.02. The van der Waals surface area contributed by atoms with Gasteiger partial charge in [-0.25, -0.2) is 4.79 Å². The first-order valence-electron chi connectivity index (χ1n) is 6.12. The average molecular weight is 272 g/mol. The Bertz CT molecular complexity index is 322. The molecule has 0 aliphatic carbocycles. The number of carbonyl (C=O) groups is 1. The van der Waals surface area contributed by atoms with Gasteiger partial charge in [-0.2, -0.15) is 0 Å². The zero-order valence-electron chi connectivity index (χ0n) is 12.4. The first-order chi connectivity index (χ1) is 8.68. The average Bonchev–Trinajstić information content (AvgIpc) is 2.24. The Labute approximate surface area is 115 Å². The van der Waals surface area contributed by atoms with Gasteiger partial charge in [-0.3, -0.25) is 0 Å². The van der Waals surface area contributed by atoms with Crippen LogP contribution >= 0.6 is 0 Å². The Balaban J connectivity index is 4.14. The van der Waals surface area contributed by atoms with Crippen molar-refractivity contribution in [3.63, 3.8) is 0 Å². The van der Waals surface area contributed by atoms with Gasteiger partial charge in [-0.1, -0.05) is 13.2 Å². The molecule has 0 aromatic heterocycles. The topological polar surface area (TPSA) is 54.0 Å². The fourth-order valence-electron chi connectivity index (χ4n) is 1.43. The molecule has 5 nitrogen and oxygen atoms in total. The van der Waals surface area contributed by atoms with Gasteiger partial charge in [0.05, 0.1) is 12.4 Å². The quantitative estimate of drug-likeness (QED) is 0.279. The second-order valence-electron chi connectivity index (χ2n) is 4.70. The lowest BCUT2D eigenvalue weighted by atomic mass is 10.3. The molecule has 0 aliphatic rings. The highest BCUT2D eigenvalue weighted by molar-refractivity contribution is 5.86. The van der Waals surface area contributed by atoms with E-state index in [1.54, 1.807) is 34.6 Å². The molecule has 2 atom stereocenters. The second kappa shape index (κ2) is 7.96. The van der Waals surface area contributed by atoms with Crippen LogP contribution < -0.4 is 0 Å². The van der Waals surface area contributed by atoms with Gasteiger partial charge in [0.15, 0.2) is 12.1 Å². The molecule has 0 aliphatic heterocycles. The van der Waals surface area contributed by atoms with Crippen LogP contribution in [-0.2, 0) is 23.7 Å². The maximum atomic E-state index is 11.2. The van der Waals surface area contributed by atoms with Crippen molar-refractivity contribution in [2.24, 2.45) is 0 Å². The summed E-state index contributed by atoms with van der Waals surface area (Å²) in [5, 5.41) is 0. The van der Waals surface area contributed by atoms with E-state index in [0.717, 1.165) is 0 Å². The molecule has 0 heterocycles. The van der Waals surface area contributed by atoms with Crippen molar-refractivity contribution in [2.75, 3.05) is 6.61 Å². The molecular weight excluding hydrogens is 248 g/mol. The van der Waals surface area contributed by atoms with Crippen LogP contribution in [0.25, 0.3) is 0 Å². The Morgan fingerprint density at radius 1 is 1.32 bits per heavy atom. The van der Waals surface area contributed by atoms with E-state index in [1.807, 2.05) is 0 Å². The molecule has 0 bridgehead atoms. The molecule has 0 amide bonds. The molecule has 110 valence electrons. The van der Waals surface area contributed by atoms with E-state index >= 15 is 0 Å². The summed E-state index contributed by atoms with van der Waals surface area (Å²) in [6.07, 6.45) is 0.519. The van der Waals surface area contributed by atoms with Crippen molar-refractivity contribution in [3.8, 4) is 0 Å². The molecule has 2 unspecified atom stereocenters. The normalized spacial score (nSPS) is 14.4. The van der Waals surface area contributed by atoms with Gasteiger partial charge >= 0.3 is 5.97 Å². The monoisotopic (exact) mass is 272 g/mol. The predicted molar refractivity (Wildman–Crippen MR) is 72.2 cm³/mol. The summed E-state index contributed by atoms with van der Waals surface area (Å²) >= 11 is 0. The summed E-state index contributed by atoms with van der Waals surface area (Å²) in [7, 11) is 0. The van der Waals surface area contributed by atoms with E-state index in [2.05, 4.69) is 13.2 Å². The van der Waals surface area contributed by atoms with Crippen LogP contribution in [0.5, 0.6) is 0 Å². The van der Waals surface area contributed by atoms with E-state index in [1.165, 1.54) is 6.26 Å². The predicted octanol–water partition coefficient (Wildman–Crippen LogP) is 2.77. The van der Waals surface area contributed by atoms with Crippen LogP contribution in [0.4, 0.5) is 0 Å². The van der Waals surface area contributed by atoms with Crippen molar-refractivity contribution in [1.82, 2.24) is 0 Å². The van der Waals surface area contributed by atoms with Gasteiger partial charge in [0, 0.05) is 5.57 Å². The van der Waals surface area contributed by atoms with Crippen molar-refractivity contribution < 1.29 is 23.7 Å². The fourth-order valence-corrected chi connectivity index (χ4v) is 1.43. The van der Waals surface area contributed by atoms with Crippen LogP contribution in [0.2, 0.25) is 0 Å². The molecule has 0 fully saturated rings. The van der Waals surface area contributed by atoms with Crippen LogP contribution in [0.1, 0.15) is 34.6 Å². The molecule has 0 saturated carbocycles. The lowest BCUT2D eigenvalue weighted by Crippen LogP contribution is -2.37. The number of rotatable bonds is 9. The highest BCUT2D eigenvalue weighted by Crippen LogP contribution is 2.17. The summed E-state index contributed by atoms with van der Waals surface area (Å²) in [4.78, 5) is 11.2. The number of ether oxygens (including phenoxy) is 4. The Kier molecular flexibility index (Phi) is 7.41. The zero-order chi connectivity index (χ0) is 15.1. The molecule has 0 aromatic rings. The minimum absolute atomic E-state index is 0.134. The SMILES string of the molecule is C=COC(C)OC(C)(C)OC(C)COC(=O)C(=C)C. The summed E-state index contributed by atoms with van der Waals surface area (Å²) in [5.41, 5.74) is 0.357. The Morgan fingerprint density at radius 3 is 2.37 bits per heavy atom. The molecule has 0 radical (unpaired) electrons. The molecule has 19 heavy (non-hydrogen) atoms. The summed E-state index contributed by atoms with van der Waals surface area (Å²) in [5.74, 6) is -1.30. The second-order valence-corrected chi connectivity index (χ2v) is 4.70. The van der Waals surface area contributed by atoms with Crippen LogP contribution in [0, 0.1) is 0 Å². The summed E-state index contributed by atoms with van der Waals surface area (Å²) in [6.45, 7) is 15.7. The standard InChI is InChI=1S/C14H24O5/c1-8-16-12(5)19-14(6,7)18-11(4)9-17-13(15)10(2)3/h8,11-12H,1-2,9H2,3-7H3. The lowest BCUT2D eigenvalue weighted by molar-refractivity contribution is -0.293. The van der Waals surface area contributed by atoms with Gasteiger partial charge in [-0.15, -0.1) is 0 Å². The number of carbonyl (C=O) groups excluding carboxylic acids is 1. The summed E-state index contributed by atoms with van der Waals surface area (Å²) in [6, 6.07) is 0. The minimum Gasteiger partial charge on any atom is -0.473 e. The lowest BCUT2D eigenvalue weighted by Gasteiger charge is -2.31. The van der Waals surface area contributed by atoms with E-state index in [4.69, 9.17) is 18.9 Å². The largest absolute Gasteiger partial charge is 0.473 e. The van der Waals surface area contributed by atoms with E-state index in [9.17, 15) is 4.79 Å². The fraction of sp³-hybridized carbons (Fsp3) is 0.643. The highest BCUT2D eigenvalue weighted by Gasteiger charge is 2.26. The number of hydrogen-bond acceptors (Lipinski definition) is 5.